The van der Waals surface area contributed by atoms with Crippen molar-refractivity contribution in [1.82, 2.24) is 5.32 Å². The summed E-state index contributed by atoms with van der Waals surface area (Å²) in [7, 11) is 0. The largest absolute Gasteiger partial charge is 0.486 e. The van der Waals surface area contributed by atoms with E-state index >= 15 is 0 Å². The quantitative estimate of drug-likeness (QED) is 0.561. The fraction of sp³-hybridized carbons (Fsp3) is 0.500. The van der Waals surface area contributed by atoms with Gasteiger partial charge in [-0.2, -0.15) is 0 Å². The molecule has 144 valence electrons. The summed E-state index contributed by atoms with van der Waals surface area (Å²) in [6.07, 6.45) is 0.645. The SMILES string of the molecule is C=CC[C@@H](Oc1ccccc1)[C@H](C)OC(=O)[C@H](C)NC(=O)OC(C)(C)C. The van der Waals surface area contributed by atoms with Crippen LogP contribution in [0.15, 0.2) is 43.0 Å². The maximum atomic E-state index is 12.2. The van der Waals surface area contributed by atoms with Crippen LogP contribution < -0.4 is 10.1 Å². The van der Waals surface area contributed by atoms with Gasteiger partial charge in [0.05, 0.1) is 0 Å². The zero-order chi connectivity index (χ0) is 19.7. The first kappa shape index (κ1) is 21.5. The first-order valence-corrected chi connectivity index (χ1v) is 8.65. The summed E-state index contributed by atoms with van der Waals surface area (Å²) < 4.78 is 16.5. The highest BCUT2D eigenvalue weighted by atomic mass is 16.6. The van der Waals surface area contributed by atoms with E-state index in [1.807, 2.05) is 30.3 Å². The molecule has 26 heavy (non-hydrogen) atoms. The van der Waals surface area contributed by atoms with Gasteiger partial charge in [-0.05, 0) is 46.8 Å². The summed E-state index contributed by atoms with van der Waals surface area (Å²) in [5.41, 5.74) is -0.639. The average Bonchev–Trinajstić information content (AvgIpc) is 2.53. The number of carbonyl (C=O) groups excluding carboxylic acids is 2. The molecule has 1 aromatic rings. The van der Waals surface area contributed by atoms with Crippen molar-refractivity contribution in [3.63, 3.8) is 0 Å². The second kappa shape index (κ2) is 9.85. The third-order valence-corrected chi connectivity index (χ3v) is 3.34. The second-order valence-electron chi connectivity index (χ2n) is 7.00. The van der Waals surface area contributed by atoms with Crippen molar-refractivity contribution in [1.29, 1.82) is 0 Å². The van der Waals surface area contributed by atoms with Crippen molar-refractivity contribution in [2.24, 2.45) is 0 Å². The summed E-state index contributed by atoms with van der Waals surface area (Å²) in [6, 6.07) is 8.44. The van der Waals surface area contributed by atoms with Crippen LogP contribution in [0.4, 0.5) is 4.79 Å². The third kappa shape index (κ3) is 8.05. The Morgan fingerprint density at radius 3 is 2.35 bits per heavy atom. The Labute approximate surface area is 155 Å². The van der Waals surface area contributed by atoms with E-state index in [1.54, 1.807) is 40.7 Å². The van der Waals surface area contributed by atoms with Crippen LogP contribution in [0.25, 0.3) is 0 Å². The van der Waals surface area contributed by atoms with E-state index in [0.29, 0.717) is 12.2 Å². The number of hydrogen-bond donors (Lipinski definition) is 1. The van der Waals surface area contributed by atoms with E-state index in [1.165, 1.54) is 0 Å². The molecule has 1 amide bonds. The Bertz CT molecular complexity index is 594. The minimum atomic E-state index is -0.839. The molecular weight excluding hydrogens is 334 g/mol. The molecular formula is C20H29NO5. The summed E-state index contributed by atoms with van der Waals surface area (Å²) >= 11 is 0. The van der Waals surface area contributed by atoms with Gasteiger partial charge in [0, 0.05) is 6.42 Å². The number of carbonyl (C=O) groups is 2. The molecule has 0 fully saturated rings. The third-order valence-electron chi connectivity index (χ3n) is 3.34. The van der Waals surface area contributed by atoms with Crippen LogP contribution in [0.3, 0.4) is 0 Å². The van der Waals surface area contributed by atoms with E-state index < -0.39 is 29.8 Å². The Morgan fingerprint density at radius 2 is 1.81 bits per heavy atom. The summed E-state index contributed by atoms with van der Waals surface area (Å²) in [6.45, 7) is 12.2. The molecule has 1 aromatic carbocycles. The minimum Gasteiger partial charge on any atom is -0.486 e. The van der Waals surface area contributed by atoms with Crippen LogP contribution in [0.5, 0.6) is 5.75 Å². The maximum absolute atomic E-state index is 12.2. The van der Waals surface area contributed by atoms with Gasteiger partial charge in [-0.15, -0.1) is 6.58 Å². The molecule has 0 spiro atoms. The molecule has 6 nitrogen and oxygen atoms in total. The van der Waals surface area contributed by atoms with Crippen molar-refractivity contribution in [2.75, 3.05) is 0 Å². The lowest BCUT2D eigenvalue weighted by molar-refractivity contribution is -0.154. The molecule has 0 aliphatic rings. The van der Waals surface area contributed by atoms with E-state index in [2.05, 4.69) is 11.9 Å². The van der Waals surface area contributed by atoms with Gasteiger partial charge >= 0.3 is 12.1 Å². The van der Waals surface area contributed by atoms with Crippen LogP contribution in [-0.2, 0) is 14.3 Å². The van der Waals surface area contributed by atoms with Crippen LogP contribution in [0, 0.1) is 0 Å². The van der Waals surface area contributed by atoms with Crippen molar-refractivity contribution >= 4 is 12.1 Å². The Morgan fingerprint density at radius 1 is 1.19 bits per heavy atom. The van der Waals surface area contributed by atoms with Gasteiger partial charge in [0.15, 0.2) is 0 Å². The molecule has 0 radical (unpaired) electrons. The molecule has 0 unspecified atom stereocenters. The lowest BCUT2D eigenvalue weighted by atomic mass is 10.1. The highest BCUT2D eigenvalue weighted by Gasteiger charge is 2.26. The van der Waals surface area contributed by atoms with Gasteiger partial charge in [0.2, 0.25) is 0 Å². The number of para-hydroxylation sites is 1. The van der Waals surface area contributed by atoms with Crippen molar-refractivity contribution in [2.45, 2.75) is 64.9 Å². The first-order chi connectivity index (χ1) is 12.1. The topological polar surface area (TPSA) is 73.9 Å². The molecule has 6 heteroatoms. The molecule has 0 aliphatic heterocycles. The number of alkyl carbamates (subject to hydrolysis) is 1. The number of hydrogen-bond acceptors (Lipinski definition) is 5. The molecule has 0 saturated heterocycles. The molecule has 0 saturated carbocycles. The maximum Gasteiger partial charge on any atom is 0.408 e. The van der Waals surface area contributed by atoms with Gasteiger partial charge in [-0.1, -0.05) is 24.3 Å². The number of nitrogens with one attached hydrogen (secondary N) is 1. The van der Waals surface area contributed by atoms with Crippen molar-refractivity contribution in [3.8, 4) is 5.75 Å². The summed E-state index contributed by atoms with van der Waals surface area (Å²) in [5.74, 6) is 0.122. The highest BCUT2D eigenvalue weighted by molar-refractivity contribution is 5.81. The van der Waals surface area contributed by atoms with Gasteiger partial charge in [0.25, 0.3) is 0 Å². The molecule has 0 heterocycles. The van der Waals surface area contributed by atoms with Gasteiger partial charge < -0.3 is 19.5 Å². The molecule has 0 aromatic heterocycles. The van der Waals surface area contributed by atoms with E-state index in [0.717, 1.165) is 0 Å². The van der Waals surface area contributed by atoms with Crippen molar-refractivity contribution in [3.05, 3.63) is 43.0 Å². The molecule has 3 atom stereocenters. The molecule has 0 aliphatic carbocycles. The Hall–Kier alpha value is -2.50. The zero-order valence-corrected chi connectivity index (χ0v) is 16.2. The predicted octanol–water partition coefficient (Wildman–Crippen LogP) is 3.86. The van der Waals surface area contributed by atoms with Gasteiger partial charge in [-0.25, -0.2) is 9.59 Å². The normalized spacial score (nSPS) is 14.5. The van der Waals surface area contributed by atoms with Crippen LogP contribution in [0.1, 0.15) is 41.0 Å². The van der Waals surface area contributed by atoms with Crippen LogP contribution in [0.2, 0.25) is 0 Å². The molecule has 1 N–H and O–H groups in total. The number of rotatable bonds is 8. The first-order valence-electron chi connectivity index (χ1n) is 8.65. The lowest BCUT2D eigenvalue weighted by Crippen LogP contribution is -2.44. The number of esters is 1. The number of amides is 1. The van der Waals surface area contributed by atoms with Crippen LogP contribution in [-0.4, -0.2) is 35.9 Å². The molecule has 1 rings (SSSR count). The second-order valence-corrected chi connectivity index (χ2v) is 7.00. The number of ether oxygens (including phenoxy) is 3. The number of benzene rings is 1. The van der Waals surface area contributed by atoms with Gasteiger partial charge in [0.1, 0.15) is 29.6 Å². The standard InChI is InChI=1S/C20H29NO5/c1-7-11-17(25-16-12-9-8-10-13-16)15(3)24-18(22)14(2)21-19(23)26-20(4,5)6/h7-10,12-15,17H,1,11H2,2-6H3,(H,21,23)/t14-,15-,17+/m0/s1. The zero-order valence-electron chi connectivity index (χ0n) is 16.2. The van der Waals surface area contributed by atoms with E-state index in [9.17, 15) is 9.59 Å². The minimum absolute atomic E-state index is 0.382. The monoisotopic (exact) mass is 363 g/mol. The van der Waals surface area contributed by atoms with E-state index in [4.69, 9.17) is 14.2 Å². The lowest BCUT2D eigenvalue weighted by Gasteiger charge is -2.26. The van der Waals surface area contributed by atoms with Crippen LogP contribution >= 0.6 is 0 Å². The smallest absolute Gasteiger partial charge is 0.408 e. The Kier molecular flexibility index (Phi) is 8.16. The summed E-state index contributed by atoms with van der Waals surface area (Å²) in [4.78, 5) is 24.0. The Balaban J connectivity index is 2.61. The fourth-order valence-corrected chi connectivity index (χ4v) is 2.08. The predicted molar refractivity (Wildman–Crippen MR) is 100 cm³/mol. The van der Waals surface area contributed by atoms with Crippen molar-refractivity contribution < 1.29 is 23.8 Å². The highest BCUT2D eigenvalue weighted by Crippen LogP contribution is 2.17. The summed E-state index contributed by atoms with van der Waals surface area (Å²) in [5, 5.41) is 2.47. The fourth-order valence-electron chi connectivity index (χ4n) is 2.08. The van der Waals surface area contributed by atoms with Gasteiger partial charge in [-0.3, -0.25) is 0 Å². The molecule has 0 bridgehead atoms. The average molecular weight is 363 g/mol. The van der Waals surface area contributed by atoms with E-state index in [-0.39, 0.29) is 6.10 Å².